The first-order valence-corrected chi connectivity index (χ1v) is 10.5. The van der Waals surface area contributed by atoms with E-state index in [0.717, 1.165) is 16.7 Å². The van der Waals surface area contributed by atoms with Crippen LogP contribution >= 0.6 is 11.8 Å². The number of carbonyl (C=O) groups excluding carboxylic acids is 3. The highest BCUT2D eigenvalue weighted by atomic mass is 32.2. The molecule has 9 nitrogen and oxygen atoms in total. The highest BCUT2D eigenvalue weighted by molar-refractivity contribution is 8.18. The number of carboxylic acids is 1. The summed E-state index contributed by atoms with van der Waals surface area (Å²) in [6, 6.07) is 10.3. The van der Waals surface area contributed by atoms with E-state index < -0.39 is 29.1 Å². The second kappa shape index (κ2) is 10.2. The average Bonchev–Trinajstić information content (AvgIpc) is 3.09. The summed E-state index contributed by atoms with van der Waals surface area (Å²) in [5, 5.41) is 8.55. The molecule has 2 aromatic carbocycles. The van der Waals surface area contributed by atoms with Gasteiger partial charge in [0.1, 0.15) is 12.6 Å². The number of aromatic carboxylic acids is 1. The van der Waals surface area contributed by atoms with Crippen molar-refractivity contribution in [3.05, 3.63) is 64.1 Å². The Morgan fingerprint density at radius 2 is 1.88 bits per heavy atom. The number of amides is 2. The van der Waals surface area contributed by atoms with Crippen molar-refractivity contribution in [3.63, 3.8) is 0 Å². The molecule has 0 bridgehead atoms. The summed E-state index contributed by atoms with van der Waals surface area (Å²) in [7, 11) is 2.65. The van der Waals surface area contributed by atoms with Crippen molar-refractivity contribution in [3.8, 4) is 11.5 Å². The molecule has 33 heavy (non-hydrogen) atoms. The summed E-state index contributed by atoms with van der Waals surface area (Å²) in [6.45, 7) is 1.55. The van der Waals surface area contributed by atoms with Crippen molar-refractivity contribution in [2.24, 2.45) is 0 Å². The molecule has 1 N–H and O–H groups in total. The molecule has 3 rings (SSSR count). The minimum Gasteiger partial charge on any atom is -0.493 e. The van der Waals surface area contributed by atoms with Gasteiger partial charge in [-0.15, -0.1) is 0 Å². The fraction of sp³-hybridized carbons (Fsp3) is 0.217. The Bertz CT molecular complexity index is 1140. The molecule has 1 saturated heterocycles. The van der Waals surface area contributed by atoms with Gasteiger partial charge in [0.2, 0.25) is 0 Å². The maximum absolute atomic E-state index is 12.6. The number of thioether (sulfide) groups is 1. The molecule has 0 unspecified atom stereocenters. The number of carboxylic acid groups (broad SMARTS) is 1. The molecule has 2 amide bonds. The summed E-state index contributed by atoms with van der Waals surface area (Å²) in [5.74, 6) is -1.48. The van der Waals surface area contributed by atoms with Gasteiger partial charge in [0.15, 0.2) is 11.5 Å². The third-order valence-electron chi connectivity index (χ3n) is 4.81. The number of esters is 1. The third kappa shape index (κ3) is 5.35. The van der Waals surface area contributed by atoms with E-state index in [1.54, 1.807) is 30.3 Å². The van der Waals surface area contributed by atoms with Gasteiger partial charge in [-0.3, -0.25) is 14.5 Å². The highest BCUT2D eigenvalue weighted by Gasteiger charge is 2.41. The molecular formula is C23H21NO8S. The van der Waals surface area contributed by atoms with Crippen LogP contribution in [-0.2, 0) is 20.9 Å². The minimum absolute atomic E-state index is 0.126. The maximum Gasteiger partial charge on any atom is 0.335 e. The topological polar surface area (TPSA) is 119 Å². The van der Waals surface area contributed by atoms with Gasteiger partial charge in [0, 0.05) is 0 Å². The Kier molecular flexibility index (Phi) is 7.39. The van der Waals surface area contributed by atoms with Crippen molar-refractivity contribution in [1.29, 1.82) is 0 Å². The Morgan fingerprint density at radius 1 is 1.12 bits per heavy atom. The van der Waals surface area contributed by atoms with Gasteiger partial charge in [-0.25, -0.2) is 9.59 Å². The van der Waals surface area contributed by atoms with E-state index >= 15 is 0 Å². The van der Waals surface area contributed by atoms with E-state index in [2.05, 4.69) is 4.74 Å². The molecule has 172 valence electrons. The van der Waals surface area contributed by atoms with Crippen LogP contribution in [0.15, 0.2) is 47.4 Å². The third-order valence-corrected chi connectivity index (χ3v) is 5.69. The number of benzene rings is 2. The molecule has 1 atom stereocenters. The Hall–Kier alpha value is -3.79. The number of ether oxygens (including phenoxy) is 3. The first-order valence-electron chi connectivity index (χ1n) is 9.73. The molecule has 1 aliphatic rings. The van der Waals surface area contributed by atoms with Crippen molar-refractivity contribution < 1.29 is 38.5 Å². The van der Waals surface area contributed by atoms with Crippen LogP contribution in [0.2, 0.25) is 0 Å². The molecular weight excluding hydrogens is 450 g/mol. The zero-order chi connectivity index (χ0) is 24.1. The van der Waals surface area contributed by atoms with Gasteiger partial charge >= 0.3 is 11.9 Å². The summed E-state index contributed by atoms with van der Waals surface area (Å²) in [5.41, 5.74) is 1.42. The predicted octanol–water partition coefficient (Wildman–Crippen LogP) is 3.57. The number of hydrogen-bond acceptors (Lipinski definition) is 8. The summed E-state index contributed by atoms with van der Waals surface area (Å²) in [4.78, 5) is 48.8. The quantitative estimate of drug-likeness (QED) is 0.455. The van der Waals surface area contributed by atoms with Crippen molar-refractivity contribution >= 4 is 40.9 Å². The lowest BCUT2D eigenvalue weighted by atomic mass is 10.1. The van der Waals surface area contributed by atoms with Gasteiger partial charge in [-0.05, 0) is 60.2 Å². The first-order chi connectivity index (χ1) is 15.7. The molecule has 0 radical (unpaired) electrons. The Labute approximate surface area is 193 Å². The molecule has 0 aromatic heterocycles. The lowest BCUT2D eigenvalue weighted by Gasteiger charge is -2.18. The molecule has 1 heterocycles. The van der Waals surface area contributed by atoms with Gasteiger partial charge in [-0.2, -0.15) is 0 Å². The minimum atomic E-state index is -1.03. The van der Waals surface area contributed by atoms with E-state index in [4.69, 9.17) is 14.6 Å². The van der Waals surface area contributed by atoms with E-state index in [1.807, 2.05) is 0 Å². The van der Waals surface area contributed by atoms with Crippen LogP contribution in [0.25, 0.3) is 6.08 Å². The van der Waals surface area contributed by atoms with E-state index in [9.17, 15) is 19.2 Å². The second-order valence-corrected chi connectivity index (χ2v) is 7.95. The summed E-state index contributed by atoms with van der Waals surface area (Å²) in [6.07, 6.45) is 1.53. The number of imide groups is 1. The maximum atomic E-state index is 12.6. The number of carbonyl (C=O) groups is 4. The molecule has 10 heteroatoms. The predicted molar refractivity (Wildman–Crippen MR) is 120 cm³/mol. The van der Waals surface area contributed by atoms with Crippen LogP contribution in [0.5, 0.6) is 11.5 Å². The Balaban J connectivity index is 1.77. The Morgan fingerprint density at radius 3 is 2.55 bits per heavy atom. The highest BCUT2D eigenvalue weighted by Crippen LogP contribution is 2.35. The van der Waals surface area contributed by atoms with E-state index in [1.165, 1.54) is 39.4 Å². The van der Waals surface area contributed by atoms with Crippen molar-refractivity contribution in [2.45, 2.75) is 19.6 Å². The SMILES string of the molecule is COC(=O)[C@H](C)N1C(=O)S/C(=C/c2ccc(OCc3cccc(C(=O)O)c3)c(OC)c2)C1=O. The molecule has 0 saturated carbocycles. The number of rotatable bonds is 8. The molecule has 1 aliphatic heterocycles. The number of hydrogen-bond donors (Lipinski definition) is 1. The average molecular weight is 471 g/mol. The van der Waals surface area contributed by atoms with Crippen LogP contribution in [0.1, 0.15) is 28.4 Å². The van der Waals surface area contributed by atoms with Crippen molar-refractivity contribution in [1.82, 2.24) is 4.90 Å². The smallest absolute Gasteiger partial charge is 0.335 e. The normalized spacial score (nSPS) is 15.5. The van der Waals surface area contributed by atoms with Crippen LogP contribution in [0.4, 0.5) is 4.79 Å². The fourth-order valence-electron chi connectivity index (χ4n) is 3.09. The number of nitrogens with zero attached hydrogens (tertiary/aromatic N) is 1. The lowest BCUT2D eigenvalue weighted by Crippen LogP contribution is -2.42. The lowest BCUT2D eigenvalue weighted by molar-refractivity contribution is -0.148. The first kappa shape index (κ1) is 23.9. The van der Waals surface area contributed by atoms with Gasteiger partial charge in [0.05, 0.1) is 24.7 Å². The van der Waals surface area contributed by atoms with Gasteiger partial charge in [0.25, 0.3) is 11.1 Å². The van der Waals surface area contributed by atoms with Gasteiger partial charge in [-0.1, -0.05) is 18.2 Å². The molecule has 0 spiro atoms. The van der Waals surface area contributed by atoms with Crippen molar-refractivity contribution in [2.75, 3.05) is 14.2 Å². The van der Waals surface area contributed by atoms with E-state index in [-0.39, 0.29) is 17.1 Å². The summed E-state index contributed by atoms with van der Waals surface area (Å²) >= 11 is 0.732. The van der Waals surface area contributed by atoms with E-state index in [0.29, 0.717) is 22.6 Å². The monoisotopic (exact) mass is 471 g/mol. The van der Waals surface area contributed by atoms with Crippen LogP contribution in [0.3, 0.4) is 0 Å². The fourth-order valence-corrected chi connectivity index (χ4v) is 4.00. The summed E-state index contributed by atoms with van der Waals surface area (Å²) < 4.78 is 15.8. The number of methoxy groups -OCH3 is 2. The zero-order valence-electron chi connectivity index (χ0n) is 18.1. The second-order valence-electron chi connectivity index (χ2n) is 6.96. The zero-order valence-corrected chi connectivity index (χ0v) is 18.9. The molecule has 2 aromatic rings. The standard InChI is InChI=1S/C23H21NO8S/c1-13(22(28)31-3)24-20(25)19(33-23(24)29)11-14-7-8-17(18(10-14)30-2)32-12-15-5-4-6-16(9-15)21(26)27/h4-11,13H,12H2,1-3H3,(H,26,27)/b19-11+/t13-/m0/s1. The van der Waals surface area contributed by atoms with Crippen LogP contribution in [0, 0.1) is 0 Å². The van der Waals surface area contributed by atoms with Gasteiger partial charge < -0.3 is 19.3 Å². The largest absolute Gasteiger partial charge is 0.493 e. The van der Waals surface area contributed by atoms with Crippen LogP contribution in [-0.4, -0.2) is 53.4 Å². The molecule has 1 fully saturated rings. The van der Waals surface area contributed by atoms with Crippen LogP contribution < -0.4 is 9.47 Å². The molecule has 0 aliphatic carbocycles.